The van der Waals surface area contributed by atoms with E-state index in [0.29, 0.717) is 17.5 Å². The Morgan fingerprint density at radius 3 is 2.52 bits per heavy atom. The van der Waals surface area contributed by atoms with E-state index in [4.69, 9.17) is 0 Å². The number of nitrogens with zero attached hydrogens (tertiary/aromatic N) is 2. The molecule has 7 heteroatoms. The minimum Gasteiger partial charge on any atom is -0.340 e. The molecule has 0 bridgehead atoms. The van der Waals surface area contributed by atoms with Crippen LogP contribution in [0.1, 0.15) is 0 Å². The smallest absolute Gasteiger partial charge is 0.229 e. The maximum absolute atomic E-state index is 13.2. The molecule has 0 aliphatic heterocycles. The maximum Gasteiger partial charge on any atom is 0.229 e. The molecular weight excluding hydrogens is 366 g/mol. The molecule has 0 saturated heterocycles. The predicted octanol–water partition coefficient (Wildman–Crippen LogP) is 5.00. The second-order valence-electron chi connectivity index (χ2n) is 4.62. The van der Waals surface area contributed by atoms with Crippen LogP contribution < -0.4 is 10.6 Å². The summed E-state index contributed by atoms with van der Waals surface area (Å²) in [6.45, 7) is 0. The highest BCUT2D eigenvalue weighted by Gasteiger charge is 2.05. The quantitative estimate of drug-likeness (QED) is 0.672. The third kappa shape index (κ3) is 3.81. The molecule has 0 fully saturated rings. The summed E-state index contributed by atoms with van der Waals surface area (Å²) >= 11 is 3.43. The van der Waals surface area contributed by atoms with Gasteiger partial charge in [0.2, 0.25) is 5.95 Å². The number of hydrogen-bond donors (Lipinski definition) is 2. The summed E-state index contributed by atoms with van der Waals surface area (Å²) in [5.74, 6) is -0.977. The zero-order valence-electron chi connectivity index (χ0n) is 11.7. The van der Waals surface area contributed by atoms with Gasteiger partial charge < -0.3 is 10.6 Å². The summed E-state index contributed by atoms with van der Waals surface area (Å²) in [6, 6.07) is 12.7. The van der Waals surface area contributed by atoms with E-state index < -0.39 is 11.6 Å². The van der Waals surface area contributed by atoms with Crippen molar-refractivity contribution in [3.05, 3.63) is 70.8 Å². The Kier molecular flexibility index (Phi) is 4.47. The second-order valence-corrected chi connectivity index (χ2v) is 5.48. The Morgan fingerprint density at radius 2 is 1.74 bits per heavy atom. The summed E-state index contributed by atoms with van der Waals surface area (Å²) in [7, 11) is 0. The third-order valence-corrected chi connectivity index (χ3v) is 3.66. The van der Waals surface area contributed by atoms with Crippen LogP contribution in [0.4, 0.5) is 31.9 Å². The van der Waals surface area contributed by atoms with Crippen LogP contribution in [0, 0.1) is 11.6 Å². The van der Waals surface area contributed by atoms with E-state index in [2.05, 4.69) is 36.5 Å². The van der Waals surface area contributed by atoms with Crippen molar-refractivity contribution in [3.8, 4) is 0 Å². The molecule has 3 rings (SSSR count). The summed E-state index contributed by atoms with van der Waals surface area (Å²) in [6.07, 6.45) is 1.56. The second kappa shape index (κ2) is 6.70. The number of halogens is 3. The summed E-state index contributed by atoms with van der Waals surface area (Å²) in [5.41, 5.74) is 1.21. The Morgan fingerprint density at radius 1 is 0.913 bits per heavy atom. The van der Waals surface area contributed by atoms with Gasteiger partial charge in [0.1, 0.15) is 5.82 Å². The first-order chi connectivity index (χ1) is 11.1. The normalized spacial score (nSPS) is 10.4. The SMILES string of the molecule is Fc1ccc(Nc2ccnc(Nc3ccccc3Br)n2)cc1F. The number of para-hydroxylation sites is 1. The Hall–Kier alpha value is -2.54. The number of aromatic nitrogens is 2. The van der Waals surface area contributed by atoms with E-state index in [9.17, 15) is 8.78 Å². The van der Waals surface area contributed by atoms with Crippen molar-refractivity contribution in [1.29, 1.82) is 0 Å². The lowest BCUT2D eigenvalue weighted by molar-refractivity contribution is 0.509. The lowest BCUT2D eigenvalue weighted by Crippen LogP contribution is -2.01. The topological polar surface area (TPSA) is 49.8 Å². The molecule has 2 N–H and O–H groups in total. The number of nitrogens with one attached hydrogen (secondary N) is 2. The highest BCUT2D eigenvalue weighted by molar-refractivity contribution is 9.10. The van der Waals surface area contributed by atoms with Gasteiger partial charge >= 0.3 is 0 Å². The first-order valence-corrected chi connectivity index (χ1v) is 7.48. The Bertz CT molecular complexity index is 842. The van der Waals surface area contributed by atoms with Gasteiger partial charge in [-0.25, -0.2) is 13.8 Å². The number of hydrogen-bond acceptors (Lipinski definition) is 4. The molecule has 0 radical (unpaired) electrons. The molecule has 0 atom stereocenters. The molecule has 116 valence electrons. The molecule has 0 amide bonds. The standard InChI is InChI=1S/C16H11BrF2N4/c17-11-3-1-2-4-14(11)22-16-20-8-7-15(23-16)21-10-5-6-12(18)13(19)9-10/h1-9H,(H2,20,21,22,23). The van der Waals surface area contributed by atoms with E-state index in [1.54, 1.807) is 12.3 Å². The average molecular weight is 377 g/mol. The van der Waals surface area contributed by atoms with Crippen molar-refractivity contribution in [2.75, 3.05) is 10.6 Å². The van der Waals surface area contributed by atoms with Gasteiger partial charge in [0.25, 0.3) is 0 Å². The summed E-state index contributed by atoms with van der Waals surface area (Å²) in [5, 5.41) is 5.98. The highest BCUT2D eigenvalue weighted by Crippen LogP contribution is 2.24. The number of benzene rings is 2. The fourth-order valence-corrected chi connectivity index (χ4v) is 2.28. The molecule has 23 heavy (non-hydrogen) atoms. The van der Waals surface area contributed by atoms with E-state index in [-0.39, 0.29) is 0 Å². The van der Waals surface area contributed by atoms with Gasteiger partial charge in [-0.2, -0.15) is 4.98 Å². The Labute approximate surface area is 139 Å². The van der Waals surface area contributed by atoms with E-state index in [1.807, 2.05) is 24.3 Å². The van der Waals surface area contributed by atoms with Gasteiger partial charge in [-0.3, -0.25) is 0 Å². The molecule has 3 aromatic rings. The Balaban J connectivity index is 1.79. The van der Waals surface area contributed by atoms with Crippen molar-refractivity contribution in [2.45, 2.75) is 0 Å². The lowest BCUT2D eigenvalue weighted by atomic mass is 10.3. The van der Waals surface area contributed by atoms with Crippen LogP contribution in [0.2, 0.25) is 0 Å². The van der Waals surface area contributed by atoms with E-state index >= 15 is 0 Å². The van der Waals surface area contributed by atoms with Gasteiger partial charge in [-0.05, 0) is 46.3 Å². The van der Waals surface area contributed by atoms with E-state index in [0.717, 1.165) is 22.3 Å². The van der Waals surface area contributed by atoms with Crippen molar-refractivity contribution < 1.29 is 8.78 Å². The summed E-state index contributed by atoms with van der Waals surface area (Å²) < 4.78 is 27.0. The molecule has 0 saturated carbocycles. The van der Waals surface area contributed by atoms with Crippen LogP contribution >= 0.6 is 15.9 Å². The number of rotatable bonds is 4. The van der Waals surface area contributed by atoms with Crippen LogP contribution in [-0.2, 0) is 0 Å². The van der Waals surface area contributed by atoms with Crippen LogP contribution in [0.5, 0.6) is 0 Å². The van der Waals surface area contributed by atoms with Gasteiger partial charge in [0, 0.05) is 22.4 Å². The van der Waals surface area contributed by atoms with E-state index in [1.165, 1.54) is 6.07 Å². The van der Waals surface area contributed by atoms with Crippen LogP contribution in [0.25, 0.3) is 0 Å². The van der Waals surface area contributed by atoms with Crippen LogP contribution in [0.15, 0.2) is 59.2 Å². The molecule has 0 aliphatic carbocycles. The van der Waals surface area contributed by atoms with Gasteiger partial charge in [0.15, 0.2) is 11.6 Å². The molecule has 0 unspecified atom stereocenters. The molecule has 1 heterocycles. The van der Waals surface area contributed by atoms with Crippen molar-refractivity contribution in [3.63, 3.8) is 0 Å². The maximum atomic E-state index is 13.2. The van der Waals surface area contributed by atoms with Gasteiger partial charge in [-0.1, -0.05) is 12.1 Å². The fraction of sp³-hybridized carbons (Fsp3) is 0. The third-order valence-electron chi connectivity index (χ3n) is 2.97. The molecule has 0 aliphatic rings. The molecule has 0 spiro atoms. The first-order valence-electron chi connectivity index (χ1n) is 6.68. The predicted molar refractivity (Wildman–Crippen MR) is 89.1 cm³/mol. The lowest BCUT2D eigenvalue weighted by Gasteiger charge is -2.09. The summed E-state index contributed by atoms with van der Waals surface area (Å²) in [4.78, 5) is 8.42. The van der Waals surface area contributed by atoms with Crippen molar-refractivity contribution >= 4 is 39.1 Å². The largest absolute Gasteiger partial charge is 0.340 e. The molecular formula is C16H11BrF2N4. The minimum atomic E-state index is -0.921. The minimum absolute atomic E-state index is 0.379. The number of anilines is 4. The first kappa shape index (κ1) is 15.4. The monoisotopic (exact) mass is 376 g/mol. The van der Waals surface area contributed by atoms with Crippen LogP contribution in [0.3, 0.4) is 0 Å². The van der Waals surface area contributed by atoms with Crippen LogP contribution in [-0.4, -0.2) is 9.97 Å². The zero-order chi connectivity index (χ0) is 16.2. The van der Waals surface area contributed by atoms with Gasteiger partial charge in [-0.15, -0.1) is 0 Å². The zero-order valence-corrected chi connectivity index (χ0v) is 13.3. The van der Waals surface area contributed by atoms with Gasteiger partial charge in [0.05, 0.1) is 5.69 Å². The molecule has 4 nitrogen and oxygen atoms in total. The highest BCUT2D eigenvalue weighted by atomic mass is 79.9. The van der Waals surface area contributed by atoms with Crippen molar-refractivity contribution in [2.24, 2.45) is 0 Å². The molecule has 2 aromatic carbocycles. The average Bonchev–Trinajstić information content (AvgIpc) is 2.54. The molecule has 1 aromatic heterocycles. The fourth-order valence-electron chi connectivity index (χ4n) is 1.89. The van der Waals surface area contributed by atoms with Crippen molar-refractivity contribution in [1.82, 2.24) is 9.97 Å².